The molecule has 9 heteroatoms. The van der Waals surface area contributed by atoms with E-state index in [1.165, 1.54) is 4.90 Å². The Labute approximate surface area is 238 Å². The van der Waals surface area contributed by atoms with Gasteiger partial charge < -0.3 is 20.1 Å². The van der Waals surface area contributed by atoms with Crippen molar-refractivity contribution in [2.45, 2.75) is 31.7 Å². The third kappa shape index (κ3) is 8.35. The summed E-state index contributed by atoms with van der Waals surface area (Å²) in [4.78, 5) is 64.4. The molecule has 212 valence electrons. The Hall–Kier alpha value is -4.79. The van der Waals surface area contributed by atoms with Crippen LogP contribution in [0.2, 0.25) is 0 Å². The molecule has 2 amide bonds. The van der Waals surface area contributed by atoms with E-state index in [1.54, 1.807) is 12.1 Å². The number of carboxylic acids is 1. The van der Waals surface area contributed by atoms with Gasteiger partial charge in [0.2, 0.25) is 5.91 Å². The monoisotopic (exact) mass is 556 g/mol. The molecule has 1 heterocycles. The Morgan fingerprint density at radius 3 is 2.05 bits per heavy atom. The fraction of sp³-hybridized carbons (Fsp3) is 0.281. The molecule has 0 saturated carbocycles. The van der Waals surface area contributed by atoms with Crippen LogP contribution < -0.4 is 5.32 Å². The molecule has 1 aliphatic rings. The number of Topliss-reactive ketones (excluding diaryl/α,β-unsaturated/α-hetero) is 1. The number of nitrogens with zero attached hydrogens (tertiary/aromatic N) is 1. The molecule has 4 rings (SSSR count). The molecule has 1 unspecified atom stereocenters. The van der Waals surface area contributed by atoms with Crippen molar-refractivity contribution in [2.75, 3.05) is 19.7 Å². The zero-order chi connectivity index (χ0) is 29.2. The number of hydrogen-bond acceptors (Lipinski definition) is 6. The number of hydrogen-bond donors (Lipinski definition) is 2. The second kappa shape index (κ2) is 14.0. The molecule has 3 aromatic carbocycles. The zero-order valence-electron chi connectivity index (χ0n) is 22.5. The molecule has 0 fully saturated rings. The van der Waals surface area contributed by atoms with Crippen LogP contribution in [-0.4, -0.2) is 65.3 Å². The van der Waals surface area contributed by atoms with Crippen LogP contribution in [0, 0.1) is 5.92 Å². The number of ketones is 1. The van der Waals surface area contributed by atoms with Gasteiger partial charge in [0.05, 0.1) is 18.9 Å². The third-order valence-electron chi connectivity index (χ3n) is 6.96. The van der Waals surface area contributed by atoms with Crippen molar-refractivity contribution in [3.63, 3.8) is 0 Å². The van der Waals surface area contributed by atoms with Crippen molar-refractivity contribution < 1.29 is 33.8 Å². The molecular weight excluding hydrogens is 524 g/mol. The first-order valence-corrected chi connectivity index (χ1v) is 13.5. The molecule has 1 atom stereocenters. The first-order chi connectivity index (χ1) is 19.8. The second-order valence-electron chi connectivity index (χ2n) is 10.0. The summed E-state index contributed by atoms with van der Waals surface area (Å²) in [6.45, 7) is -0.692. The van der Waals surface area contributed by atoms with Crippen LogP contribution in [0.5, 0.6) is 0 Å². The number of rotatable bonds is 13. The van der Waals surface area contributed by atoms with Crippen molar-refractivity contribution in [2.24, 2.45) is 5.92 Å². The summed E-state index contributed by atoms with van der Waals surface area (Å²) in [5, 5.41) is 11.8. The van der Waals surface area contributed by atoms with Crippen LogP contribution in [0.25, 0.3) is 0 Å². The largest absolute Gasteiger partial charge is 0.481 e. The first-order valence-electron chi connectivity index (χ1n) is 13.5. The van der Waals surface area contributed by atoms with E-state index in [0.717, 1.165) is 16.7 Å². The number of esters is 1. The maximum atomic E-state index is 13.1. The Kier molecular flexibility index (Phi) is 9.99. The van der Waals surface area contributed by atoms with Crippen LogP contribution in [0.1, 0.15) is 33.5 Å². The van der Waals surface area contributed by atoms with E-state index in [1.807, 2.05) is 72.8 Å². The molecule has 9 nitrogen and oxygen atoms in total. The second-order valence-corrected chi connectivity index (χ2v) is 10.0. The van der Waals surface area contributed by atoms with Crippen LogP contribution in [-0.2, 0) is 43.2 Å². The maximum Gasteiger partial charge on any atom is 0.310 e. The molecule has 41 heavy (non-hydrogen) atoms. The minimum Gasteiger partial charge on any atom is -0.481 e. The molecule has 2 N–H and O–H groups in total. The summed E-state index contributed by atoms with van der Waals surface area (Å²) in [5.41, 5.74) is 3.27. The average molecular weight is 557 g/mol. The van der Waals surface area contributed by atoms with Gasteiger partial charge in [-0.2, -0.15) is 0 Å². The predicted molar refractivity (Wildman–Crippen MR) is 150 cm³/mol. The van der Waals surface area contributed by atoms with E-state index in [0.29, 0.717) is 31.4 Å². The molecule has 0 bridgehead atoms. The predicted octanol–water partition coefficient (Wildman–Crippen LogP) is 2.86. The highest BCUT2D eigenvalue weighted by Crippen LogP contribution is 2.19. The van der Waals surface area contributed by atoms with E-state index < -0.39 is 48.6 Å². The maximum absolute atomic E-state index is 13.1. The Morgan fingerprint density at radius 1 is 0.854 bits per heavy atom. The van der Waals surface area contributed by atoms with Crippen molar-refractivity contribution in [1.82, 2.24) is 10.2 Å². The lowest BCUT2D eigenvalue weighted by atomic mass is 9.92. The summed E-state index contributed by atoms with van der Waals surface area (Å²) in [5.74, 6) is -4.20. The Balaban J connectivity index is 1.37. The molecule has 1 aliphatic heterocycles. The van der Waals surface area contributed by atoms with E-state index in [9.17, 15) is 29.1 Å². The van der Waals surface area contributed by atoms with Gasteiger partial charge in [-0.1, -0.05) is 78.9 Å². The summed E-state index contributed by atoms with van der Waals surface area (Å²) < 4.78 is 5.36. The average Bonchev–Trinajstić information content (AvgIpc) is 2.97. The molecule has 0 aliphatic carbocycles. The molecule has 0 aromatic heterocycles. The Morgan fingerprint density at radius 2 is 1.44 bits per heavy atom. The highest BCUT2D eigenvalue weighted by atomic mass is 16.5. The lowest BCUT2D eigenvalue weighted by Gasteiger charge is -2.28. The quantitative estimate of drug-likeness (QED) is 0.310. The lowest BCUT2D eigenvalue weighted by Crippen LogP contribution is -2.50. The third-order valence-corrected chi connectivity index (χ3v) is 6.96. The number of carbonyl (C=O) groups excluding carboxylic acids is 4. The normalized spacial score (nSPS) is 13.3. The number of carboxylic acid groups (broad SMARTS) is 1. The number of benzene rings is 3. The summed E-state index contributed by atoms with van der Waals surface area (Å²) >= 11 is 0. The molecule has 0 radical (unpaired) electrons. The summed E-state index contributed by atoms with van der Waals surface area (Å²) in [6, 6.07) is 24.6. The molecule has 0 saturated heterocycles. The number of fused-ring (bicyclic) bond motifs is 1. The Bertz CT molecular complexity index is 1350. The van der Waals surface area contributed by atoms with E-state index in [2.05, 4.69) is 5.32 Å². The number of amides is 2. The number of nitrogens with one attached hydrogen (secondary N) is 1. The lowest BCUT2D eigenvalue weighted by molar-refractivity contribution is -0.153. The minimum absolute atomic E-state index is 0.306. The summed E-state index contributed by atoms with van der Waals surface area (Å²) in [6.07, 6.45) is 0.683. The van der Waals surface area contributed by atoms with Crippen molar-refractivity contribution >= 4 is 29.5 Å². The van der Waals surface area contributed by atoms with Crippen LogP contribution in [0.4, 0.5) is 0 Å². The molecule has 0 spiro atoms. The number of ether oxygens (including phenoxy) is 1. The van der Waals surface area contributed by atoms with Gasteiger partial charge in [0.15, 0.2) is 12.4 Å². The van der Waals surface area contributed by atoms with E-state index in [-0.39, 0.29) is 12.5 Å². The molecule has 3 aromatic rings. The topological polar surface area (TPSA) is 130 Å². The van der Waals surface area contributed by atoms with Gasteiger partial charge in [-0.05, 0) is 42.0 Å². The van der Waals surface area contributed by atoms with E-state index >= 15 is 0 Å². The SMILES string of the molecule is O=C(O)CC(NC(=O)CN1CCc2ccccc2C1=O)C(=O)COC(=O)C(Cc1ccccc1)Cc1ccccc1. The van der Waals surface area contributed by atoms with Crippen molar-refractivity contribution in [1.29, 1.82) is 0 Å². The first kappa shape index (κ1) is 29.2. The van der Waals surface area contributed by atoms with Crippen LogP contribution in [0.3, 0.4) is 0 Å². The van der Waals surface area contributed by atoms with Crippen molar-refractivity contribution in [3.8, 4) is 0 Å². The van der Waals surface area contributed by atoms with Crippen molar-refractivity contribution in [3.05, 3.63) is 107 Å². The highest BCUT2D eigenvalue weighted by molar-refractivity contribution is 5.99. The van der Waals surface area contributed by atoms with E-state index in [4.69, 9.17) is 4.74 Å². The number of carbonyl (C=O) groups is 5. The minimum atomic E-state index is -1.42. The van der Waals surface area contributed by atoms with Gasteiger partial charge in [0.25, 0.3) is 5.91 Å². The van der Waals surface area contributed by atoms with Gasteiger partial charge in [0, 0.05) is 12.1 Å². The van der Waals surface area contributed by atoms with Gasteiger partial charge in [0.1, 0.15) is 6.04 Å². The molecular formula is C32H32N2O7. The number of aliphatic carboxylic acids is 1. The fourth-order valence-electron chi connectivity index (χ4n) is 4.86. The smallest absolute Gasteiger partial charge is 0.310 e. The fourth-order valence-corrected chi connectivity index (χ4v) is 4.86. The summed E-state index contributed by atoms with van der Waals surface area (Å²) in [7, 11) is 0. The van der Waals surface area contributed by atoms with Crippen LogP contribution >= 0.6 is 0 Å². The zero-order valence-corrected chi connectivity index (χ0v) is 22.5. The standard InChI is InChI=1S/C32H32N2O7/c35-28(21-41-32(40)25(17-22-9-3-1-4-10-22)18-23-11-5-2-6-12-23)27(19-30(37)38)33-29(36)20-34-16-15-24-13-7-8-14-26(24)31(34)39/h1-14,25,27H,15-21H2,(H,33,36)(H,37,38). The van der Waals surface area contributed by atoms with Gasteiger partial charge in [-0.25, -0.2) is 0 Å². The van der Waals surface area contributed by atoms with Gasteiger partial charge in [-0.15, -0.1) is 0 Å². The van der Waals surface area contributed by atoms with Gasteiger partial charge >= 0.3 is 11.9 Å². The highest BCUT2D eigenvalue weighted by Gasteiger charge is 2.30. The van der Waals surface area contributed by atoms with Crippen LogP contribution in [0.15, 0.2) is 84.9 Å². The van der Waals surface area contributed by atoms with Gasteiger partial charge in [-0.3, -0.25) is 24.0 Å².